The van der Waals surface area contributed by atoms with E-state index in [1.54, 1.807) is 4.90 Å². The first-order valence-corrected chi connectivity index (χ1v) is 9.08. The van der Waals surface area contributed by atoms with Gasteiger partial charge in [0.2, 0.25) is 5.91 Å². The van der Waals surface area contributed by atoms with Crippen LogP contribution in [-0.4, -0.2) is 29.9 Å². The third kappa shape index (κ3) is 4.82. The predicted molar refractivity (Wildman–Crippen MR) is 103 cm³/mol. The van der Waals surface area contributed by atoms with E-state index >= 15 is 0 Å². The number of nitrogens with zero attached hydrogens (tertiary/aromatic N) is 1. The minimum Gasteiger partial charge on any atom is -0.326 e. The van der Waals surface area contributed by atoms with E-state index in [9.17, 15) is 9.59 Å². The Balaban J connectivity index is 1.57. The van der Waals surface area contributed by atoms with Gasteiger partial charge in [0.1, 0.15) is 0 Å². The minimum atomic E-state index is -0.195. The van der Waals surface area contributed by atoms with E-state index < -0.39 is 0 Å². The third-order valence-corrected chi connectivity index (χ3v) is 4.74. The van der Waals surface area contributed by atoms with Crippen molar-refractivity contribution in [2.24, 2.45) is 5.92 Å². The van der Waals surface area contributed by atoms with Crippen LogP contribution in [0.4, 0.5) is 16.2 Å². The van der Waals surface area contributed by atoms with Gasteiger partial charge in [0.25, 0.3) is 0 Å². The molecule has 1 aliphatic heterocycles. The smallest absolute Gasteiger partial charge is 0.321 e. The molecular formula is C19H20BrN3O2. The van der Waals surface area contributed by atoms with Crippen LogP contribution in [0.15, 0.2) is 59.1 Å². The van der Waals surface area contributed by atoms with Crippen LogP contribution in [0.2, 0.25) is 0 Å². The number of likely N-dealkylation sites (tertiary alicyclic amines) is 1. The molecular weight excluding hydrogens is 382 g/mol. The summed E-state index contributed by atoms with van der Waals surface area (Å²) in [6.07, 6.45) is 1.61. The fraction of sp³-hybridized carbons (Fsp3) is 0.263. The molecule has 0 radical (unpaired) electrons. The molecule has 1 heterocycles. The van der Waals surface area contributed by atoms with Crippen molar-refractivity contribution in [1.82, 2.24) is 4.90 Å². The van der Waals surface area contributed by atoms with Crippen LogP contribution in [0.1, 0.15) is 12.8 Å². The topological polar surface area (TPSA) is 61.4 Å². The Morgan fingerprint density at radius 3 is 2.36 bits per heavy atom. The normalized spacial score (nSPS) is 17.0. The molecule has 0 unspecified atom stereocenters. The molecule has 0 saturated carbocycles. The predicted octanol–water partition coefficient (Wildman–Crippen LogP) is 4.33. The summed E-state index contributed by atoms with van der Waals surface area (Å²) in [5.41, 5.74) is 1.52. The van der Waals surface area contributed by atoms with Crippen molar-refractivity contribution in [2.45, 2.75) is 12.8 Å². The van der Waals surface area contributed by atoms with Gasteiger partial charge in [-0.3, -0.25) is 4.79 Å². The third-order valence-electron chi connectivity index (χ3n) is 4.22. The van der Waals surface area contributed by atoms with Gasteiger partial charge in [-0.05, 0) is 49.2 Å². The Morgan fingerprint density at radius 1 is 0.960 bits per heavy atom. The quantitative estimate of drug-likeness (QED) is 0.803. The molecule has 3 rings (SSSR count). The van der Waals surface area contributed by atoms with E-state index in [-0.39, 0.29) is 17.9 Å². The van der Waals surface area contributed by atoms with E-state index in [1.165, 1.54) is 0 Å². The first-order chi connectivity index (χ1) is 12.1. The number of piperidine rings is 1. The average Bonchev–Trinajstić information content (AvgIpc) is 2.64. The molecule has 3 amide bonds. The van der Waals surface area contributed by atoms with Gasteiger partial charge in [0.15, 0.2) is 0 Å². The van der Waals surface area contributed by atoms with Crippen LogP contribution in [0.25, 0.3) is 0 Å². The maximum atomic E-state index is 12.5. The standard InChI is InChI=1S/C19H20BrN3O2/c20-15-8-10-17(11-9-15)21-18(24)14-5-4-12-23(13-14)19(25)22-16-6-2-1-3-7-16/h1-3,6-11,14H,4-5,12-13H2,(H,21,24)(H,22,25)/t14-/m0/s1. The second kappa shape index (κ2) is 8.16. The number of amides is 3. The van der Waals surface area contributed by atoms with Gasteiger partial charge in [-0.25, -0.2) is 4.79 Å². The Hall–Kier alpha value is -2.34. The summed E-state index contributed by atoms with van der Waals surface area (Å²) in [6, 6.07) is 16.7. The zero-order valence-corrected chi connectivity index (χ0v) is 15.3. The molecule has 1 aliphatic rings. The lowest BCUT2D eigenvalue weighted by atomic mass is 9.97. The number of hydrogen-bond acceptors (Lipinski definition) is 2. The summed E-state index contributed by atoms with van der Waals surface area (Å²) in [6.45, 7) is 1.10. The van der Waals surface area contributed by atoms with E-state index in [1.807, 2.05) is 54.6 Å². The maximum absolute atomic E-state index is 12.5. The number of anilines is 2. The Morgan fingerprint density at radius 2 is 1.64 bits per heavy atom. The van der Waals surface area contributed by atoms with Gasteiger partial charge in [0, 0.05) is 28.9 Å². The summed E-state index contributed by atoms with van der Waals surface area (Å²) in [5.74, 6) is -0.238. The fourth-order valence-electron chi connectivity index (χ4n) is 2.88. The van der Waals surface area contributed by atoms with Gasteiger partial charge in [-0.2, -0.15) is 0 Å². The second-order valence-electron chi connectivity index (χ2n) is 6.08. The van der Waals surface area contributed by atoms with E-state index in [0.29, 0.717) is 13.1 Å². The molecule has 25 heavy (non-hydrogen) atoms. The van der Waals surface area contributed by atoms with Crippen molar-refractivity contribution in [3.8, 4) is 0 Å². The van der Waals surface area contributed by atoms with E-state index in [4.69, 9.17) is 0 Å². The van der Waals surface area contributed by atoms with Gasteiger partial charge < -0.3 is 15.5 Å². The molecule has 2 N–H and O–H groups in total. The Bertz CT molecular complexity index is 734. The summed E-state index contributed by atoms with van der Waals surface area (Å²) in [4.78, 5) is 26.6. The number of halogens is 1. The van der Waals surface area contributed by atoms with Crippen molar-refractivity contribution in [2.75, 3.05) is 23.7 Å². The number of para-hydroxylation sites is 1. The lowest BCUT2D eigenvalue weighted by Gasteiger charge is -2.32. The average molecular weight is 402 g/mol. The number of nitrogens with one attached hydrogen (secondary N) is 2. The maximum Gasteiger partial charge on any atom is 0.321 e. The molecule has 1 fully saturated rings. The molecule has 5 nitrogen and oxygen atoms in total. The van der Waals surface area contributed by atoms with Gasteiger partial charge >= 0.3 is 6.03 Å². The fourth-order valence-corrected chi connectivity index (χ4v) is 3.14. The summed E-state index contributed by atoms with van der Waals surface area (Å²) in [5, 5.41) is 5.81. The summed E-state index contributed by atoms with van der Waals surface area (Å²) >= 11 is 3.38. The molecule has 1 saturated heterocycles. The van der Waals surface area contributed by atoms with E-state index in [2.05, 4.69) is 26.6 Å². The van der Waals surface area contributed by atoms with Gasteiger partial charge in [-0.15, -0.1) is 0 Å². The SMILES string of the molecule is O=C(Nc1ccc(Br)cc1)[C@H]1CCCN(C(=O)Nc2ccccc2)C1. The largest absolute Gasteiger partial charge is 0.326 e. The first-order valence-electron chi connectivity index (χ1n) is 8.29. The lowest BCUT2D eigenvalue weighted by Crippen LogP contribution is -2.45. The zero-order chi connectivity index (χ0) is 17.6. The molecule has 1 atom stereocenters. The Kier molecular flexibility index (Phi) is 5.71. The highest BCUT2D eigenvalue weighted by Gasteiger charge is 2.28. The van der Waals surface area contributed by atoms with Crippen LogP contribution in [-0.2, 0) is 4.79 Å². The number of hydrogen-bond donors (Lipinski definition) is 2. The zero-order valence-electron chi connectivity index (χ0n) is 13.7. The second-order valence-corrected chi connectivity index (χ2v) is 6.99. The molecule has 0 bridgehead atoms. The molecule has 0 aliphatic carbocycles. The number of carbonyl (C=O) groups excluding carboxylic acids is 2. The summed E-state index contributed by atoms with van der Waals surface area (Å²) < 4.78 is 0.965. The molecule has 0 spiro atoms. The Labute approximate surface area is 155 Å². The number of carbonyl (C=O) groups is 2. The van der Waals surface area contributed by atoms with Crippen LogP contribution in [0, 0.1) is 5.92 Å². The highest BCUT2D eigenvalue weighted by molar-refractivity contribution is 9.10. The minimum absolute atomic E-state index is 0.0421. The molecule has 130 valence electrons. The molecule has 6 heteroatoms. The highest BCUT2D eigenvalue weighted by atomic mass is 79.9. The van der Waals surface area contributed by atoms with Crippen molar-refractivity contribution < 1.29 is 9.59 Å². The number of benzene rings is 2. The van der Waals surface area contributed by atoms with Gasteiger partial charge in [0.05, 0.1) is 5.92 Å². The highest BCUT2D eigenvalue weighted by Crippen LogP contribution is 2.21. The summed E-state index contributed by atoms with van der Waals surface area (Å²) in [7, 11) is 0. The van der Waals surface area contributed by atoms with Gasteiger partial charge in [-0.1, -0.05) is 34.1 Å². The first kappa shape index (κ1) is 17.5. The van der Waals surface area contributed by atoms with Crippen molar-refractivity contribution in [3.05, 3.63) is 59.1 Å². The number of rotatable bonds is 3. The molecule has 2 aromatic carbocycles. The van der Waals surface area contributed by atoms with Crippen molar-refractivity contribution in [3.63, 3.8) is 0 Å². The number of urea groups is 1. The van der Waals surface area contributed by atoms with E-state index in [0.717, 1.165) is 28.7 Å². The van der Waals surface area contributed by atoms with Crippen LogP contribution < -0.4 is 10.6 Å². The molecule has 0 aromatic heterocycles. The lowest BCUT2D eigenvalue weighted by molar-refractivity contribution is -0.121. The monoisotopic (exact) mass is 401 g/mol. The van der Waals surface area contributed by atoms with Crippen LogP contribution in [0.5, 0.6) is 0 Å². The van der Waals surface area contributed by atoms with Crippen LogP contribution in [0.3, 0.4) is 0 Å². The van der Waals surface area contributed by atoms with Crippen LogP contribution >= 0.6 is 15.9 Å². The van der Waals surface area contributed by atoms with Crippen molar-refractivity contribution >= 4 is 39.2 Å². The molecule has 2 aromatic rings. The van der Waals surface area contributed by atoms with Crippen molar-refractivity contribution in [1.29, 1.82) is 0 Å².